The van der Waals surface area contributed by atoms with E-state index in [4.69, 9.17) is 4.74 Å². The molecule has 2 nitrogen and oxygen atoms in total. The molecule has 0 amide bonds. The molecule has 0 spiro atoms. The van der Waals surface area contributed by atoms with Crippen molar-refractivity contribution in [3.8, 4) is 0 Å². The highest BCUT2D eigenvalue weighted by Gasteiger charge is 2.26. The number of alkyl halides is 3. The van der Waals surface area contributed by atoms with Crippen molar-refractivity contribution in [3.63, 3.8) is 0 Å². The van der Waals surface area contributed by atoms with E-state index in [0.29, 0.717) is 6.54 Å². The van der Waals surface area contributed by atoms with E-state index in [1.54, 1.807) is 0 Å². The van der Waals surface area contributed by atoms with Gasteiger partial charge < -0.3 is 10.1 Å². The van der Waals surface area contributed by atoms with Crippen molar-refractivity contribution in [2.75, 3.05) is 19.7 Å². The van der Waals surface area contributed by atoms with Crippen LogP contribution in [0.2, 0.25) is 0 Å². The average molecular weight is 368 g/mol. The highest BCUT2D eigenvalue weighted by molar-refractivity contribution is 9.10. The number of hydrogen-bond acceptors (Lipinski definition) is 2. The maximum Gasteiger partial charge on any atom is 0.389 e. The second-order valence-electron chi connectivity index (χ2n) is 4.84. The number of nitrogens with one attached hydrogen (secondary N) is 1. The van der Waals surface area contributed by atoms with E-state index >= 15 is 0 Å². The first kappa shape index (κ1) is 18.5. The zero-order chi connectivity index (χ0) is 15.7. The molecule has 0 aliphatic carbocycles. The summed E-state index contributed by atoms with van der Waals surface area (Å²) in [5.41, 5.74) is 0.958. The molecule has 0 radical (unpaired) electrons. The van der Waals surface area contributed by atoms with Crippen LogP contribution < -0.4 is 5.32 Å². The zero-order valence-corrected chi connectivity index (χ0v) is 13.6. The molecule has 1 aromatic carbocycles. The first-order valence-electron chi connectivity index (χ1n) is 7.07. The maximum atomic E-state index is 12.1. The Morgan fingerprint density at radius 1 is 1.33 bits per heavy atom. The molecule has 120 valence electrons. The van der Waals surface area contributed by atoms with Gasteiger partial charge in [-0.3, -0.25) is 0 Å². The van der Waals surface area contributed by atoms with Crippen LogP contribution in [0.3, 0.4) is 0 Å². The van der Waals surface area contributed by atoms with Crippen molar-refractivity contribution < 1.29 is 17.9 Å². The van der Waals surface area contributed by atoms with Crippen LogP contribution in [0.5, 0.6) is 0 Å². The van der Waals surface area contributed by atoms with E-state index in [1.165, 1.54) is 0 Å². The van der Waals surface area contributed by atoms with Gasteiger partial charge in [0.05, 0.1) is 6.10 Å². The highest BCUT2D eigenvalue weighted by Crippen LogP contribution is 2.24. The van der Waals surface area contributed by atoms with Crippen LogP contribution >= 0.6 is 15.9 Å². The Balaban J connectivity index is 2.52. The van der Waals surface area contributed by atoms with E-state index in [9.17, 15) is 13.2 Å². The lowest BCUT2D eigenvalue weighted by Gasteiger charge is -2.19. The quantitative estimate of drug-likeness (QED) is 0.630. The third kappa shape index (κ3) is 8.44. The van der Waals surface area contributed by atoms with Crippen LogP contribution in [0, 0.1) is 0 Å². The number of ether oxygens (including phenoxy) is 1. The van der Waals surface area contributed by atoms with E-state index in [-0.39, 0.29) is 19.1 Å². The van der Waals surface area contributed by atoms with Crippen molar-refractivity contribution in [2.24, 2.45) is 0 Å². The van der Waals surface area contributed by atoms with Crippen molar-refractivity contribution in [3.05, 3.63) is 34.3 Å². The molecule has 1 atom stereocenters. The second kappa shape index (κ2) is 9.43. The molecule has 6 heteroatoms. The van der Waals surface area contributed by atoms with Gasteiger partial charge in [-0.2, -0.15) is 13.2 Å². The molecule has 1 rings (SSSR count). The van der Waals surface area contributed by atoms with Gasteiger partial charge in [-0.25, -0.2) is 0 Å². The van der Waals surface area contributed by atoms with Gasteiger partial charge in [-0.05, 0) is 37.1 Å². The molecule has 0 saturated carbocycles. The first-order chi connectivity index (χ1) is 9.92. The molecular formula is C15H21BrF3NO. The summed E-state index contributed by atoms with van der Waals surface area (Å²) in [4.78, 5) is 0. The molecule has 1 N–H and O–H groups in total. The molecule has 0 saturated heterocycles. The van der Waals surface area contributed by atoms with Gasteiger partial charge in [-0.15, -0.1) is 0 Å². The van der Waals surface area contributed by atoms with Crippen molar-refractivity contribution in [2.45, 2.75) is 38.5 Å². The summed E-state index contributed by atoms with van der Waals surface area (Å²) >= 11 is 3.40. The topological polar surface area (TPSA) is 21.3 Å². The van der Waals surface area contributed by atoms with E-state index in [1.807, 2.05) is 24.3 Å². The second-order valence-corrected chi connectivity index (χ2v) is 5.75. The Bertz CT molecular complexity index is 412. The summed E-state index contributed by atoms with van der Waals surface area (Å²) in [5.74, 6) is 0. The third-order valence-electron chi connectivity index (χ3n) is 2.90. The fourth-order valence-electron chi connectivity index (χ4n) is 1.89. The van der Waals surface area contributed by atoms with Gasteiger partial charge in [0.1, 0.15) is 0 Å². The average Bonchev–Trinajstić information content (AvgIpc) is 2.40. The number of halogens is 4. The predicted octanol–water partition coefficient (Wildman–Crippen LogP) is 4.85. The van der Waals surface area contributed by atoms with Crippen LogP contribution in [-0.2, 0) is 4.74 Å². The summed E-state index contributed by atoms with van der Waals surface area (Å²) < 4.78 is 43.0. The Labute approximate surface area is 132 Å². The van der Waals surface area contributed by atoms with Gasteiger partial charge in [0, 0.05) is 24.0 Å². The predicted molar refractivity (Wildman–Crippen MR) is 81.3 cm³/mol. The fourth-order valence-corrected chi connectivity index (χ4v) is 2.30. The highest BCUT2D eigenvalue weighted by atomic mass is 79.9. The number of rotatable bonds is 9. The van der Waals surface area contributed by atoms with E-state index < -0.39 is 12.6 Å². The van der Waals surface area contributed by atoms with Crippen LogP contribution in [-0.4, -0.2) is 25.9 Å². The van der Waals surface area contributed by atoms with Crippen molar-refractivity contribution >= 4 is 15.9 Å². The summed E-state index contributed by atoms with van der Waals surface area (Å²) in [6.45, 7) is 3.61. The molecule has 0 aromatic heterocycles. The Kier molecular flexibility index (Phi) is 8.29. The monoisotopic (exact) mass is 367 g/mol. The molecular weight excluding hydrogens is 347 g/mol. The third-order valence-corrected chi connectivity index (χ3v) is 3.39. The van der Waals surface area contributed by atoms with E-state index in [2.05, 4.69) is 28.2 Å². The van der Waals surface area contributed by atoms with Crippen LogP contribution in [0.1, 0.15) is 37.9 Å². The van der Waals surface area contributed by atoms with Gasteiger partial charge in [-0.1, -0.05) is 35.0 Å². The summed E-state index contributed by atoms with van der Waals surface area (Å²) in [6, 6.07) is 7.66. The summed E-state index contributed by atoms with van der Waals surface area (Å²) in [7, 11) is 0. The number of benzene rings is 1. The van der Waals surface area contributed by atoms with Gasteiger partial charge in [0.2, 0.25) is 0 Å². The Morgan fingerprint density at radius 3 is 2.71 bits per heavy atom. The Morgan fingerprint density at radius 2 is 2.10 bits per heavy atom. The summed E-state index contributed by atoms with van der Waals surface area (Å²) in [5, 5.41) is 3.25. The molecule has 1 unspecified atom stereocenters. The number of hydrogen-bond donors (Lipinski definition) is 1. The first-order valence-corrected chi connectivity index (χ1v) is 7.86. The molecule has 0 aliphatic rings. The molecule has 0 aliphatic heterocycles. The van der Waals surface area contributed by atoms with Crippen LogP contribution in [0.4, 0.5) is 13.2 Å². The van der Waals surface area contributed by atoms with Crippen LogP contribution in [0.25, 0.3) is 0 Å². The van der Waals surface area contributed by atoms with Gasteiger partial charge in [0.25, 0.3) is 0 Å². The minimum absolute atomic E-state index is 0.0121. The maximum absolute atomic E-state index is 12.1. The summed E-state index contributed by atoms with van der Waals surface area (Å²) in [6.07, 6.45) is -4.17. The van der Waals surface area contributed by atoms with Crippen molar-refractivity contribution in [1.82, 2.24) is 5.32 Å². The fraction of sp³-hybridized carbons (Fsp3) is 0.600. The molecule has 0 heterocycles. The minimum Gasteiger partial charge on any atom is -0.372 e. The van der Waals surface area contributed by atoms with Gasteiger partial charge in [0.15, 0.2) is 0 Å². The van der Waals surface area contributed by atoms with E-state index in [0.717, 1.165) is 23.0 Å². The SMILES string of the molecule is CCCNCC(OCCCC(F)(F)F)c1cccc(Br)c1. The molecule has 21 heavy (non-hydrogen) atoms. The standard InChI is InChI=1S/C15H21BrF3NO/c1-2-8-20-11-14(12-5-3-6-13(16)10-12)21-9-4-7-15(17,18)19/h3,5-6,10,14,20H,2,4,7-9,11H2,1H3. The minimum atomic E-state index is -4.12. The van der Waals surface area contributed by atoms with Crippen molar-refractivity contribution in [1.29, 1.82) is 0 Å². The lowest BCUT2D eigenvalue weighted by atomic mass is 10.1. The zero-order valence-electron chi connectivity index (χ0n) is 12.0. The van der Waals surface area contributed by atoms with Gasteiger partial charge >= 0.3 is 6.18 Å². The normalized spacial score (nSPS) is 13.4. The van der Waals surface area contributed by atoms with Crippen LogP contribution in [0.15, 0.2) is 28.7 Å². The molecule has 1 aromatic rings. The largest absolute Gasteiger partial charge is 0.389 e. The lowest BCUT2D eigenvalue weighted by Crippen LogP contribution is -2.24. The molecule has 0 fully saturated rings. The molecule has 0 bridgehead atoms. The smallest absolute Gasteiger partial charge is 0.372 e. The Hall–Kier alpha value is -0.590. The lowest BCUT2D eigenvalue weighted by molar-refractivity contribution is -0.138.